The van der Waals surface area contributed by atoms with Crippen molar-refractivity contribution in [2.24, 2.45) is 38.8 Å². The molecule has 3 rings (SSSR count). The van der Waals surface area contributed by atoms with Gasteiger partial charge in [0, 0.05) is 18.8 Å². The molecule has 8 N–H and O–H groups in total. The molecular weight excluding hydrogens is 616 g/mol. The minimum absolute atomic E-state index is 0.00496. The summed E-state index contributed by atoms with van der Waals surface area (Å²) in [6, 6.07) is 3.84. The molecule has 0 saturated carbocycles. The molecule has 1 aromatic rings. The standard InChI is InChI=1S/C31H42N6O10/c1-16-8-18-6-7-19(29-30(36-20(18)9-17(16)2)21(38)4-3-5-24(39)37-29)10-22(45-26(41)12-33)31(47-28(43)14-35)23(46-27(42)13-34)15-44-25(40)11-32/h8-9,19,22-23,31H,3-7,10-15,32-35H2,1-2H3/b36-30-,37-29-. The van der Waals surface area contributed by atoms with Gasteiger partial charge in [-0.15, -0.1) is 0 Å². The number of rotatable bonds is 13. The molecule has 1 aromatic carbocycles. The van der Waals surface area contributed by atoms with Gasteiger partial charge in [-0.05, 0) is 62.3 Å². The van der Waals surface area contributed by atoms with Gasteiger partial charge in [0.15, 0.2) is 18.0 Å². The highest BCUT2D eigenvalue weighted by Gasteiger charge is 2.42. The summed E-state index contributed by atoms with van der Waals surface area (Å²) < 4.78 is 21.7. The highest BCUT2D eigenvalue weighted by atomic mass is 16.6. The second kappa shape index (κ2) is 17.5. The summed E-state index contributed by atoms with van der Waals surface area (Å²) in [6.07, 6.45) is -3.73. The van der Waals surface area contributed by atoms with Crippen LogP contribution in [0.4, 0.5) is 5.69 Å². The fraction of sp³-hybridized carbons (Fsp3) is 0.548. The van der Waals surface area contributed by atoms with Crippen molar-refractivity contribution in [2.45, 2.75) is 70.7 Å². The first-order valence-electron chi connectivity index (χ1n) is 15.3. The number of nitrogens with two attached hydrogens (primary N) is 4. The molecule has 0 saturated heterocycles. The molecule has 0 aliphatic carbocycles. The number of fused-ring (bicyclic) bond motifs is 2. The number of amides is 1. The van der Waals surface area contributed by atoms with Gasteiger partial charge in [0.2, 0.25) is 5.91 Å². The minimum atomic E-state index is -1.62. The van der Waals surface area contributed by atoms with Gasteiger partial charge in [-0.3, -0.25) is 28.8 Å². The lowest BCUT2D eigenvalue weighted by atomic mass is 9.82. The largest absolute Gasteiger partial charge is 0.461 e. The van der Waals surface area contributed by atoms with Crippen LogP contribution in [0.15, 0.2) is 22.1 Å². The van der Waals surface area contributed by atoms with Crippen LogP contribution in [-0.4, -0.2) is 98.1 Å². The van der Waals surface area contributed by atoms with E-state index >= 15 is 0 Å². The summed E-state index contributed by atoms with van der Waals surface area (Å²) >= 11 is 0. The van der Waals surface area contributed by atoms with Crippen molar-refractivity contribution in [1.29, 1.82) is 0 Å². The topological polar surface area (TPSA) is 268 Å². The molecule has 16 nitrogen and oxygen atoms in total. The smallest absolute Gasteiger partial charge is 0.320 e. The monoisotopic (exact) mass is 658 g/mol. The SMILES string of the molecule is Cc1cc2c(cc1C)/N=C1C(=O)CCCC(=O)\N=C/1C(CC(OC(=O)CN)C(OC(=O)CN)C(COC(=O)CN)OC(=O)CN)CC2. The molecule has 2 heterocycles. The van der Waals surface area contributed by atoms with Crippen LogP contribution in [0.2, 0.25) is 0 Å². The van der Waals surface area contributed by atoms with E-state index in [-0.39, 0.29) is 42.9 Å². The number of Topliss-reactive ketones (excluding diaryl/α,β-unsaturated/α-hetero) is 1. The first kappa shape index (κ1) is 37.1. The van der Waals surface area contributed by atoms with Crippen LogP contribution in [0.25, 0.3) is 0 Å². The Morgan fingerprint density at radius 2 is 1.38 bits per heavy atom. The third kappa shape index (κ3) is 10.3. The van der Waals surface area contributed by atoms with E-state index in [1.807, 2.05) is 26.0 Å². The molecule has 2 aliphatic heterocycles. The van der Waals surface area contributed by atoms with Gasteiger partial charge in [-0.1, -0.05) is 6.07 Å². The van der Waals surface area contributed by atoms with Gasteiger partial charge < -0.3 is 41.9 Å². The zero-order chi connectivity index (χ0) is 34.7. The van der Waals surface area contributed by atoms with Crippen molar-refractivity contribution in [3.63, 3.8) is 0 Å². The van der Waals surface area contributed by atoms with Crippen LogP contribution in [-0.2, 0) is 54.1 Å². The minimum Gasteiger partial charge on any atom is -0.461 e. The van der Waals surface area contributed by atoms with E-state index in [9.17, 15) is 28.8 Å². The Labute approximate surface area is 271 Å². The van der Waals surface area contributed by atoms with Crippen molar-refractivity contribution in [1.82, 2.24) is 0 Å². The Bertz CT molecular complexity index is 1440. The highest BCUT2D eigenvalue weighted by molar-refractivity contribution is 6.68. The molecule has 4 atom stereocenters. The van der Waals surface area contributed by atoms with E-state index in [1.54, 1.807) is 0 Å². The number of esters is 4. The number of hydrogen-bond donors (Lipinski definition) is 4. The van der Waals surface area contributed by atoms with E-state index in [1.165, 1.54) is 0 Å². The molecule has 4 unspecified atom stereocenters. The fourth-order valence-corrected chi connectivity index (χ4v) is 5.27. The zero-order valence-corrected chi connectivity index (χ0v) is 26.5. The molecule has 256 valence electrons. The molecule has 0 spiro atoms. The Hall–Kier alpha value is -4.38. The van der Waals surface area contributed by atoms with Crippen molar-refractivity contribution in [3.8, 4) is 0 Å². The Morgan fingerprint density at radius 1 is 0.787 bits per heavy atom. The van der Waals surface area contributed by atoms with Gasteiger partial charge in [0.1, 0.15) is 18.4 Å². The van der Waals surface area contributed by atoms with E-state index in [4.69, 9.17) is 46.9 Å². The number of ether oxygens (including phenoxy) is 4. The normalized spacial score (nSPS) is 20.5. The average Bonchev–Trinajstić information content (AvgIpc) is 3.04. The van der Waals surface area contributed by atoms with Crippen LogP contribution in [0.1, 0.15) is 48.8 Å². The van der Waals surface area contributed by atoms with Gasteiger partial charge in [0.25, 0.3) is 0 Å². The second-order valence-corrected chi connectivity index (χ2v) is 11.2. The number of benzene rings is 1. The molecule has 1 amide bonds. The second-order valence-electron chi connectivity index (χ2n) is 11.2. The molecule has 0 aromatic heterocycles. The Balaban J connectivity index is 2.18. The first-order chi connectivity index (χ1) is 22.4. The van der Waals surface area contributed by atoms with Gasteiger partial charge in [0.05, 0.1) is 37.6 Å². The van der Waals surface area contributed by atoms with Gasteiger partial charge >= 0.3 is 23.9 Å². The van der Waals surface area contributed by atoms with Crippen molar-refractivity contribution in [3.05, 3.63) is 28.8 Å². The summed E-state index contributed by atoms with van der Waals surface area (Å²) in [7, 11) is 0. The molecule has 16 heteroatoms. The average molecular weight is 659 g/mol. The first-order valence-corrected chi connectivity index (χ1v) is 15.3. The van der Waals surface area contributed by atoms with Crippen LogP contribution >= 0.6 is 0 Å². The van der Waals surface area contributed by atoms with Crippen LogP contribution in [0, 0.1) is 19.8 Å². The molecule has 0 bridgehead atoms. The lowest BCUT2D eigenvalue weighted by Crippen LogP contribution is -2.51. The van der Waals surface area contributed by atoms with Crippen LogP contribution < -0.4 is 22.9 Å². The number of aryl methyl sites for hydroxylation is 3. The van der Waals surface area contributed by atoms with E-state index < -0.39 is 86.8 Å². The predicted octanol–water partition coefficient (Wildman–Crippen LogP) is -0.838. The fourth-order valence-electron chi connectivity index (χ4n) is 5.27. The molecule has 0 radical (unpaired) electrons. The van der Waals surface area contributed by atoms with Crippen LogP contribution in [0.5, 0.6) is 0 Å². The van der Waals surface area contributed by atoms with Crippen molar-refractivity contribution in [2.75, 3.05) is 32.8 Å². The van der Waals surface area contributed by atoms with Gasteiger partial charge in [-0.2, -0.15) is 0 Å². The Morgan fingerprint density at radius 3 is 2.02 bits per heavy atom. The lowest BCUT2D eigenvalue weighted by molar-refractivity contribution is -0.191. The number of carbonyl (C=O) groups is 6. The summed E-state index contributed by atoms with van der Waals surface area (Å²) in [5.41, 5.74) is 25.4. The summed E-state index contributed by atoms with van der Waals surface area (Å²) in [5.74, 6) is -5.29. The highest BCUT2D eigenvalue weighted by Crippen LogP contribution is 2.33. The number of carbonyl (C=O) groups excluding carboxylic acids is 6. The molecular formula is C31H42N6O10. The maximum absolute atomic E-state index is 13.5. The van der Waals surface area contributed by atoms with Crippen molar-refractivity contribution < 1.29 is 47.7 Å². The number of nitrogens with zero attached hydrogens (tertiary/aromatic N) is 2. The third-order valence-corrected chi connectivity index (χ3v) is 7.78. The number of hydrogen-bond acceptors (Lipinski definition) is 15. The summed E-state index contributed by atoms with van der Waals surface area (Å²) in [4.78, 5) is 85.0. The summed E-state index contributed by atoms with van der Waals surface area (Å²) in [6.45, 7) is 0.918. The van der Waals surface area contributed by atoms with E-state index in [0.29, 0.717) is 18.5 Å². The zero-order valence-electron chi connectivity index (χ0n) is 26.5. The predicted molar refractivity (Wildman–Crippen MR) is 168 cm³/mol. The Kier molecular flexibility index (Phi) is 13.8. The van der Waals surface area contributed by atoms with E-state index in [0.717, 1.165) is 16.7 Å². The number of ketones is 1. The maximum Gasteiger partial charge on any atom is 0.320 e. The van der Waals surface area contributed by atoms with E-state index in [2.05, 4.69) is 4.99 Å². The third-order valence-electron chi connectivity index (χ3n) is 7.78. The van der Waals surface area contributed by atoms with Gasteiger partial charge in [-0.25, -0.2) is 9.98 Å². The molecule has 47 heavy (non-hydrogen) atoms. The lowest BCUT2D eigenvalue weighted by Gasteiger charge is -2.34. The number of aliphatic imine (C=N–C) groups is 2. The van der Waals surface area contributed by atoms with Crippen LogP contribution in [0.3, 0.4) is 0 Å². The quantitative estimate of drug-likeness (QED) is 0.149. The molecule has 2 aliphatic rings. The maximum atomic E-state index is 13.5. The molecule has 0 fully saturated rings. The summed E-state index contributed by atoms with van der Waals surface area (Å²) in [5, 5.41) is 0. The van der Waals surface area contributed by atoms with Crippen molar-refractivity contribution >= 4 is 52.7 Å².